The van der Waals surface area contributed by atoms with Crippen molar-refractivity contribution in [3.05, 3.63) is 48.4 Å². The van der Waals surface area contributed by atoms with Gasteiger partial charge in [-0.2, -0.15) is 5.10 Å². The van der Waals surface area contributed by atoms with Crippen molar-refractivity contribution in [3.8, 4) is 5.75 Å². The Morgan fingerprint density at radius 2 is 2.00 bits per heavy atom. The molecule has 1 aromatic carbocycles. The maximum atomic E-state index is 11.7. The molecule has 2 aromatic rings. The quantitative estimate of drug-likeness (QED) is 0.500. The van der Waals surface area contributed by atoms with E-state index in [4.69, 9.17) is 9.15 Å². The molecule has 1 aromatic heterocycles. The van der Waals surface area contributed by atoms with Crippen LogP contribution >= 0.6 is 0 Å². The van der Waals surface area contributed by atoms with Crippen LogP contribution in [-0.2, 0) is 9.59 Å². The normalized spacial score (nSPS) is 10.4. The first kappa shape index (κ1) is 15.3. The van der Waals surface area contributed by atoms with E-state index < -0.39 is 11.8 Å². The van der Waals surface area contributed by atoms with Crippen molar-refractivity contribution in [3.63, 3.8) is 0 Å². The second kappa shape index (κ2) is 7.63. The van der Waals surface area contributed by atoms with E-state index in [1.54, 1.807) is 36.4 Å². The fraction of sp³-hybridized carbons (Fsp3) is 0.133. The Morgan fingerprint density at radius 1 is 1.23 bits per heavy atom. The highest BCUT2D eigenvalue weighted by molar-refractivity contribution is 6.39. The number of nitrogens with one attached hydrogen (secondary N) is 2. The summed E-state index contributed by atoms with van der Waals surface area (Å²) in [4.78, 5) is 23.2. The van der Waals surface area contributed by atoms with Crippen molar-refractivity contribution in [1.29, 1.82) is 0 Å². The SMILES string of the molecule is CCOc1ccc(NC(=O)C(=O)N/N=C\c2ccco2)cc1. The lowest BCUT2D eigenvalue weighted by atomic mass is 10.3. The Balaban J connectivity index is 1.84. The predicted molar refractivity (Wildman–Crippen MR) is 80.7 cm³/mol. The average molecular weight is 301 g/mol. The Bertz CT molecular complexity index is 648. The lowest BCUT2D eigenvalue weighted by Crippen LogP contribution is -2.32. The van der Waals surface area contributed by atoms with Gasteiger partial charge >= 0.3 is 11.8 Å². The minimum atomic E-state index is -0.878. The molecule has 1 heterocycles. The maximum absolute atomic E-state index is 11.7. The Hall–Kier alpha value is -3.09. The smallest absolute Gasteiger partial charge is 0.329 e. The monoisotopic (exact) mass is 301 g/mol. The van der Waals surface area contributed by atoms with Gasteiger partial charge in [0, 0.05) is 5.69 Å². The van der Waals surface area contributed by atoms with Crippen molar-refractivity contribution in [2.45, 2.75) is 6.92 Å². The summed E-state index contributed by atoms with van der Waals surface area (Å²) in [6, 6.07) is 10.0. The molecule has 2 rings (SSSR count). The lowest BCUT2D eigenvalue weighted by Gasteiger charge is -2.06. The van der Waals surface area contributed by atoms with E-state index in [-0.39, 0.29) is 0 Å². The third-order valence-corrected chi connectivity index (χ3v) is 2.53. The van der Waals surface area contributed by atoms with Crippen LogP contribution in [0.5, 0.6) is 5.75 Å². The number of rotatable bonds is 5. The summed E-state index contributed by atoms with van der Waals surface area (Å²) < 4.78 is 10.3. The summed E-state index contributed by atoms with van der Waals surface area (Å²) in [5.74, 6) is -0.544. The van der Waals surface area contributed by atoms with Gasteiger partial charge in [0.2, 0.25) is 0 Å². The number of ether oxygens (including phenoxy) is 1. The molecule has 0 radical (unpaired) electrons. The minimum absolute atomic E-state index is 0.465. The van der Waals surface area contributed by atoms with Crippen LogP contribution in [0.4, 0.5) is 5.69 Å². The number of amides is 2. The van der Waals surface area contributed by atoms with Crippen molar-refractivity contribution in [2.24, 2.45) is 5.10 Å². The number of carbonyl (C=O) groups excluding carboxylic acids is 2. The molecule has 2 amide bonds. The van der Waals surface area contributed by atoms with E-state index in [2.05, 4.69) is 15.8 Å². The van der Waals surface area contributed by atoms with Crippen LogP contribution in [0.25, 0.3) is 0 Å². The molecule has 0 unspecified atom stereocenters. The molecule has 7 heteroatoms. The topological polar surface area (TPSA) is 92.9 Å². The number of benzene rings is 1. The highest BCUT2D eigenvalue weighted by atomic mass is 16.5. The summed E-state index contributed by atoms with van der Waals surface area (Å²) in [5, 5.41) is 6.07. The highest BCUT2D eigenvalue weighted by Crippen LogP contribution is 2.15. The molecule has 0 saturated carbocycles. The van der Waals surface area contributed by atoms with Gasteiger partial charge in [0.25, 0.3) is 0 Å². The van der Waals surface area contributed by atoms with Gasteiger partial charge < -0.3 is 14.5 Å². The Morgan fingerprint density at radius 3 is 2.64 bits per heavy atom. The molecule has 0 aliphatic rings. The summed E-state index contributed by atoms with van der Waals surface area (Å²) in [7, 11) is 0. The standard InChI is InChI=1S/C15H15N3O4/c1-2-21-12-7-5-11(6-8-12)17-14(19)15(20)18-16-10-13-4-3-9-22-13/h3-10H,2H2,1H3,(H,17,19)(H,18,20)/b16-10-. The van der Waals surface area contributed by atoms with E-state index >= 15 is 0 Å². The van der Waals surface area contributed by atoms with Gasteiger partial charge in [0.15, 0.2) is 0 Å². The van der Waals surface area contributed by atoms with Crippen molar-refractivity contribution in [1.82, 2.24) is 5.43 Å². The summed E-state index contributed by atoms with van der Waals surface area (Å²) in [6.45, 7) is 2.44. The number of hydrogen-bond donors (Lipinski definition) is 2. The van der Waals surface area contributed by atoms with Gasteiger partial charge in [-0.25, -0.2) is 5.43 Å². The van der Waals surface area contributed by atoms with E-state index in [1.807, 2.05) is 6.92 Å². The van der Waals surface area contributed by atoms with Crippen molar-refractivity contribution < 1.29 is 18.7 Å². The van der Waals surface area contributed by atoms with Gasteiger partial charge in [-0.3, -0.25) is 9.59 Å². The molecule has 0 fully saturated rings. The zero-order valence-electron chi connectivity index (χ0n) is 11.9. The van der Waals surface area contributed by atoms with Crippen molar-refractivity contribution >= 4 is 23.7 Å². The summed E-state index contributed by atoms with van der Waals surface area (Å²) >= 11 is 0. The first-order valence-electron chi connectivity index (χ1n) is 6.60. The molecule has 0 spiro atoms. The summed E-state index contributed by atoms with van der Waals surface area (Å²) in [6.07, 6.45) is 2.77. The second-order valence-electron chi connectivity index (χ2n) is 4.13. The summed E-state index contributed by atoms with van der Waals surface area (Å²) in [5.41, 5.74) is 2.59. The van der Waals surface area contributed by atoms with E-state index in [0.717, 1.165) is 0 Å². The third kappa shape index (κ3) is 4.48. The van der Waals surface area contributed by atoms with Crippen LogP contribution in [0, 0.1) is 0 Å². The van der Waals surface area contributed by atoms with Crippen LogP contribution in [-0.4, -0.2) is 24.6 Å². The largest absolute Gasteiger partial charge is 0.494 e. The zero-order valence-corrected chi connectivity index (χ0v) is 11.9. The first-order chi connectivity index (χ1) is 10.7. The highest BCUT2D eigenvalue weighted by Gasteiger charge is 2.12. The van der Waals surface area contributed by atoms with E-state index in [0.29, 0.717) is 23.8 Å². The fourth-order valence-electron chi connectivity index (χ4n) is 1.56. The van der Waals surface area contributed by atoms with Gasteiger partial charge in [-0.05, 0) is 43.3 Å². The predicted octanol–water partition coefficient (Wildman–Crippen LogP) is 1.77. The van der Waals surface area contributed by atoms with Crippen LogP contribution < -0.4 is 15.5 Å². The number of furan rings is 1. The molecule has 7 nitrogen and oxygen atoms in total. The number of hydrogen-bond acceptors (Lipinski definition) is 5. The number of carbonyl (C=O) groups is 2. The molecule has 0 aliphatic carbocycles. The molecular weight excluding hydrogens is 286 g/mol. The zero-order chi connectivity index (χ0) is 15.8. The second-order valence-corrected chi connectivity index (χ2v) is 4.13. The third-order valence-electron chi connectivity index (χ3n) is 2.53. The van der Waals surface area contributed by atoms with E-state index in [9.17, 15) is 9.59 Å². The molecule has 114 valence electrons. The maximum Gasteiger partial charge on any atom is 0.329 e. The van der Waals surface area contributed by atoms with Crippen LogP contribution in [0.15, 0.2) is 52.2 Å². The number of anilines is 1. The number of hydrazone groups is 1. The average Bonchev–Trinajstić information content (AvgIpc) is 3.02. The fourth-order valence-corrected chi connectivity index (χ4v) is 1.56. The molecule has 0 aliphatic heterocycles. The molecule has 22 heavy (non-hydrogen) atoms. The van der Waals surface area contributed by atoms with E-state index in [1.165, 1.54) is 12.5 Å². The molecular formula is C15H15N3O4. The lowest BCUT2D eigenvalue weighted by molar-refractivity contribution is -0.136. The Kier molecular flexibility index (Phi) is 5.31. The van der Waals surface area contributed by atoms with Gasteiger partial charge in [-0.15, -0.1) is 0 Å². The van der Waals surface area contributed by atoms with Crippen molar-refractivity contribution in [2.75, 3.05) is 11.9 Å². The van der Waals surface area contributed by atoms with Gasteiger partial charge in [0.1, 0.15) is 11.5 Å². The molecule has 0 saturated heterocycles. The molecule has 0 atom stereocenters. The molecule has 2 N–H and O–H groups in total. The van der Waals surface area contributed by atoms with Crippen LogP contribution in [0.3, 0.4) is 0 Å². The van der Waals surface area contributed by atoms with Crippen LogP contribution in [0.2, 0.25) is 0 Å². The van der Waals surface area contributed by atoms with Crippen LogP contribution in [0.1, 0.15) is 12.7 Å². The number of nitrogens with zero attached hydrogens (tertiary/aromatic N) is 1. The molecule has 0 bridgehead atoms. The van der Waals surface area contributed by atoms with Gasteiger partial charge in [-0.1, -0.05) is 0 Å². The van der Waals surface area contributed by atoms with Gasteiger partial charge in [0.05, 0.1) is 19.1 Å². The first-order valence-corrected chi connectivity index (χ1v) is 6.60. The minimum Gasteiger partial charge on any atom is -0.494 e. The Labute approximate surface area is 127 Å².